The van der Waals surface area contributed by atoms with Crippen molar-refractivity contribution >= 4 is 21.6 Å². The van der Waals surface area contributed by atoms with Gasteiger partial charge in [-0.1, -0.05) is 13.8 Å². The average molecular weight is 273 g/mol. The number of nitrogen functional groups attached to an aromatic ring is 1. The first-order chi connectivity index (χ1) is 6.91. The first-order valence-electron chi connectivity index (χ1n) is 5.08. The van der Waals surface area contributed by atoms with Crippen molar-refractivity contribution in [2.45, 2.75) is 33.2 Å². The highest BCUT2D eigenvalue weighted by Gasteiger charge is 2.09. The molecule has 0 aliphatic carbocycles. The smallest absolute Gasteiger partial charge is 0.218 e. The summed E-state index contributed by atoms with van der Waals surface area (Å²) in [5.41, 5.74) is 5.78. The Hall–Kier alpha value is -0.770. The van der Waals surface area contributed by atoms with Crippen molar-refractivity contribution < 1.29 is 0 Å². The monoisotopic (exact) mass is 272 g/mol. The predicted molar refractivity (Wildman–Crippen MR) is 67.0 cm³/mol. The van der Waals surface area contributed by atoms with E-state index in [9.17, 15) is 4.79 Å². The highest BCUT2D eigenvalue weighted by atomic mass is 79.9. The second kappa shape index (κ2) is 4.84. The summed E-state index contributed by atoms with van der Waals surface area (Å²) in [5.74, 6) is 0.624. The zero-order valence-corrected chi connectivity index (χ0v) is 10.9. The summed E-state index contributed by atoms with van der Waals surface area (Å²) in [6.07, 6.45) is 4.57. The van der Waals surface area contributed by atoms with E-state index in [1.165, 1.54) is 0 Å². The van der Waals surface area contributed by atoms with Gasteiger partial charge in [-0.15, -0.1) is 0 Å². The van der Waals surface area contributed by atoms with Gasteiger partial charge in [0.25, 0.3) is 0 Å². The van der Waals surface area contributed by atoms with Gasteiger partial charge in [-0.05, 0) is 35.2 Å². The van der Waals surface area contributed by atoms with Crippen LogP contribution in [-0.2, 0) is 0 Å². The van der Waals surface area contributed by atoms with E-state index >= 15 is 0 Å². The molecule has 0 bridgehead atoms. The fraction of sp³-hybridized carbons (Fsp3) is 0.545. The molecule has 2 N–H and O–H groups in total. The van der Waals surface area contributed by atoms with Crippen LogP contribution in [0.2, 0.25) is 0 Å². The second-order valence-corrected chi connectivity index (χ2v) is 5.17. The fourth-order valence-electron chi connectivity index (χ4n) is 1.64. The van der Waals surface area contributed by atoms with Crippen molar-refractivity contribution in [1.29, 1.82) is 0 Å². The standard InChI is InChI=1S/C11H17BrN2O/c1-7(2)4-8(3)14-5-9(12)11(15)10(13)6-14/h5-8H,4,13H2,1-3H3. The van der Waals surface area contributed by atoms with Crippen molar-refractivity contribution in [3.8, 4) is 0 Å². The molecular formula is C11H17BrN2O. The van der Waals surface area contributed by atoms with Gasteiger partial charge in [0.05, 0.1) is 10.2 Å². The van der Waals surface area contributed by atoms with Gasteiger partial charge in [0.15, 0.2) is 0 Å². The molecule has 3 nitrogen and oxygen atoms in total. The van der Waals surface area contributed by atoms with E-state index in [0.717, 1.165) is 6.42 Å². The molecular weight excluding hydrogens is 256 g/mol. The molecule has 1 unspecified atom stereocenters. The molecule has 0 fully saturated rings. The Morgan fingerprint density at radius 1 is 1.40 bits per heavy atom. The zero-order chi connectivity index (χ0) is 11.6. The molecule has 1 aromatic heterocycles. The van der Waals surface area contributed by atoms with Crippen LogP contribution in [0, 0.1) is 5.92 Å². The van der Waals surface area contributed by atoms with Crippen LogP contribution in [0.4, 0.5) is 5.69 Å². The number of hydrogen-bond acceptors (Lipinski definition) is 2. The Balaban J connectivity index is 3.01. The molecule has 1 heterocycles. The van der Waals surface area contributed by atoms with Crippen LogP contribution in [0.15, 0.2) is 21.7 Å². The minimum atomic E-state index is -0.136. The number of halogens is 1. The van der Waals surface area contributed by atoms with Crippen LogP contribution in [0.3, 0.4) is 0 Å². The van der Waals surface area contributed by atoms with Crippen molar-refractivity contribution in [1.82, 2.24) is 4.57 Å². The summed E-state index contributed by atoms with van der Waals surface area (Å²) in [4.78, 5) is 11.4. The quantitative estimate of drug-likeness (QED) is 0.920. The Morgan fingerprint density at radius 2 is 2.00 bits per heavy atom. The summed E-state index contributed by atoms with van der Waals surface area (Å²) in [6, 6.07) is 0.351. The van der Waals surface area contributed by atoms with Crippen molar-refractivity contribution in [2.24, 2.45) is 5.92 Å². The van der Waals surface area contributed by atoms with E-state index in [2.05, 4.69) is 36.7 Å². The number of aromatic nitrogens is 1. The van der Waals surface area contributed by atoms with Gasteiger partial charge in [-0.2, -0.15) is 0 Å². The molecule has 0 spiro atoms. The fourth-order valence-corrected chi connectivity index (χ4v) is 2.11. The van der Waals surface area contributed by atoms with Crippen molar-refractivity contribution in [3.63, 3.8) is 0 Å². The third kappa shape index (κ3) is 3.09. The minimum absolute atomic E-state index is 0.136. The van der Waals surface area contributed by atoms with Crippen LogP contribution >= 0.6 is 15.9 Å². The lowest BCUT2D eigenvalue weighted by atomic mass is 10.1. The van der Waals surface area contributed by atoms with E-state index < -0.39 is 0 Å². The molecule has 0 aliphatic heterocycles. The SMILES string of the molecule is CC(C)CC(C)n1cc(N)c(=O)c(Br)c1. The van der Waals surface area contributed by atoms with E-state index in [-0.39, 0.29) is 5.43 Å². The summed E-state index contributed by atoms with van der Waals surface area (Å²) in [5, 5.41) is 0. The molecule has 0 aromatic carbocycles. The number of nitrogens with zero attached hydrogens (tertiary/aromatic N) is 1. The van der Waals surface area contributed by atoms with E-state index in [1.54, 1.807) is 12.4 Å². The lowest BCUT2D eigenvalue weighted by Crippen LogP contribution is -2.16. The Bertz CT molecular complexity index is 372. The lowest BCUT2D eigenvalue weighted by Gasteiger charge is -2.18. The van der Waals surface area contributed by atoms with Gasteiger partial charge >= 0.3 is 0 Å². The number of rotatable bonds is 3. The summed E-state index contributed by atoms with van der Waals surface area (Å²) in [6.45, 7) is 6.48. The molecule has 1 aromatic rings. The maximum absolute atomic E-state index is 11.4. The van der Waals surface area contributed by atoms with Crippen molar-refractivity contribution in [2.75, 3.05) is 5.73 Å². The molecule has 15 heavy (non-hydrogen) atoms. The molecule has 1 rings (SSSR count). The van der Waals surface area contributed by atoms with Crippen LogP contribution in [-0.4, -0.2) is 4.57 Å². The lowest BCUT2D eigenvalue weighted by molar-refractivity contribution is 0.426. The van der Waals surface area contributed by atoms with Gasteiger partial charge in [-0.3, -0.25) is 4.79 Å². The second-order valence-electron chi connectivity index (χ2n) is 4.32. The number of nitrogens with two attached hydrogens (primary N) is 1. The maximum Gasteiger partial charge on any atom is 0.218 e. The Kier molecular flexibility index (Phi) is 3.97. The third-order valence-electron chi connectivity index (χ3n) is 2.35. The van der Waals surface area contributed by atoms with E-state index in [0.29, 0.717) is 22.1 Å². The van der Waals surface area contributed by atoms with Gasteiger partial charge in [-0.25, -0.2) is 0 Å². The molecule has 0 saturated carbocycles. The van der Waals surface area contributed by atoms with E-state index in [4.69, 9.17) is 5.73 Å². The third-order valence-corrected chi connectivity index (χ3v) is 2.92. The molecule has 1 atom stereocenters. The van der Waals surface area contributed by atoms with Crippen molar-refractivity contribution in [3.05, 3.63) is 27.1 Å². The number of hydrogen-bond donors (Lipinski definition) is 1. The highest BCUT2D eigenvalue weighted by Crippen LogP contribution is 2.18. The molecule has 0 radical (unpaired) electrons. The molecule has 0 saturated heterocycles. The molecule has 4 heteroatoms. The minimum Gasteiger partial charge on any atom is -0.394 e. The first kappa shape index (κ1) is 12.3. The van der Waals surface area contributed by atoms with Gasteiger partial charge in [0, 0.05) is 18.4 Å². The summed E-state index contributed by atoms with van der Waals surface area (Å²) < 4.78 is 2.51. The molecule has 0 aliphatic rings. The maximum atomic E-state index is 11.4. The summed E-state index contributed by atoms with van der Waals surface area (Å²) in [7, 11) is 0. The van der Waals surface area contributed by atoms with Crippen LogP contribution < -0.4 is 11.2 Å². The van der Waals surface area contributed by atoms with Gasteiger partial charge in [0.2, 0.25) is 5.43 Å². The predicted octanol–water partition coefficient (Wildman–Crippen LogP) is 2.80. The van der Waals surface area contributed by atoms with Gasteiger partial charge < -0.3 is 10.3 Å². The zero-order valence-electron chi connectivity index (χ0n) is 9.33. The normalized spacial score (nSPS) is 13.1. The Labute approximate surface area is 98.4 Å². The first-order valence-corrected chi connectivity index (χ1v) is 5.88. The average Bonchev–Trinajstić information content (AvgIpc) is 2.12. The Morgan fingerprint density at radius 3 is 2.47 bits per heavy atom. The largest absolute Gasteiger partial charge is 0.394 e. The van der Waals surface area contributed by atoms with Crippen LogP contribution in [0.25, 0.3) is 0 Å². The molecule has 84 valence electrons. The summed E-state index contributed by atoms with van der Waals surface area (Å²) >= 11 is 3.22. The van der Waals surface area contributed by atoms with Crippen LogP contribution in [0.5, 0.6) is 0 Å². The van der Waals surface area contributed by atoms with E-state index in [1.807, 2.05) is 4.57 Å². The van der Waals surface area contributed by atoms with Crippen LogP contribution in [0.1, 0.15) is 33.2 Å². The number of pyridine rings is 1. The van der Waals surface area contributed by atoms with Gasteiger partial charge in [0.1, 0.15) is 0 Å². The topological polar surface area (TPSA) is 48.0 Å². The highest BCUT2D eigenvalue weighted by molar-refractivity contribution is 9.10. The number of anilines is 1. The molecule has 0 amide bonds.